The highest BCUT2D eigenvalue weighted by Gasteiger charge is 2.67. The Morgan fingerprint density at radius 2 is 1.22 bits per heavy atom. The molecule has 0 heterocycles. The van der Waals surface area contributed by atoms with E-state index in [0.717, 1.165) is 59.2 Å². The summed E-state index contributed by atoms with van der Waals surface area (Å²) >= 11 is 0. The maximum atomic E-state index is 2.54. The predicted molar refractivity (Wildman–Crippen MR) is 94.5 cm³/mol. The largest absolute Gasteiger partial charge is 0.0878 e. The molecule has 0 saturated heterocycles. The third-order valence-electron chi connectivity index (χ3n) is 8.57. The van der Waals surface area contributed by atoms with Gasteiger partial charge >= 0.3 is 0 Å². The maximum Gasteiger partial charge on any atom is -0.00174 e. The summed E-state index contributed by atoms with van der Waals surface area (Å²) < 4.78 is 0. The monoisotopic (exact) mass is 304 g/mol. The standard InChI is InChI=1S/C14H16.C9H12/c1-2-8-5-7(1)11-12(8)14-10-4-3-9(6-10)13(11)14;1-2-8-5-7-3-4-9(8)6-7/h1-4,7-14H,5-6H2;2-4,7,9H,5-6H2,1H3/b;8-2+. The van der Waals surface area contributed by atoms with Gasteiger partial charge in [-0.3, -0.25) is 0 Å². The minimum Gasteiger partial charge on any atom is -0.0878 e. The van der Waals surface area contributed by atoms with Crippen LogP contribution in [0.4, 0.5) is 0 Å². The Kier molecular flexibility index (Phi) is 2.61. The van der Waals surface area contributed by atoms with Crippen molar-refractivity contribution in [1.29, 1.82) is 0 Å². The van der Waals surface area contributed by atoms with Crippen LogP contribution in [0.25, 0.3) is 0 Å². The van der Waals surface area contributed by atoms with E-state index in [0.29, 0.717) is 0 Å². The van der Waals surface area contributed by atoms with E-state index in [9.17, 15) is 0 Å². The lowest BCUT2D eigenvalue weighted by molar-refractivity contribution is -0.0372. The van der Waals surface area contributed by atoms with Crippen LogP contribution < -0.4 is 0 Å². The lowest BCUT2D eigenvalue weighted by atomic mass is 9.50. The van der Waals surface area contributed by atoms with Gasteiger partial charge in [-0.25, -0.2) is 0 Å². The molecule has 0 spiro atoms. The molecule has 7 aliphatic rings. The van der Waals surface area contributed by atoms with E-state index in [2.05, 4.69) is 49.5 Å². The van der Waals surface area contributed by atoms with E-state index in [1.165, 1.54) is 25.7 Å². The minimum atomic E-state index is 0.833. The first-order valence-electron chi connectivity index (χ1n) is 10.0. The molecule has 0 aromatic carbocycles. The molecule has 23 heavy (non-hydrogen) atoms. The molecule has 0 heteroatoms. The molecule has 7 rings (SSSR count). The second-order valence-electron chi connectivity index (χ2n) is 9.26. The van der Waals surface area contributed by atoms with Gasteiger partial charge in [0.25, 0.3) is 0 Å². The van der Waals surface area contributed by atoms with E-state index in [1.54, 1.807) is 5.57 Å². The topological polar surface area (TPSA) is 0 Å². The second kappa shape index (κ2) is 4.52. The lowest BCUT2D eigenvalue weighted by Gasteiger charge is -2.54. The Hall–Kier alpha value is -1.04. The molecule has 0 aliphatic heterocycles. The number of fused-ring (bicyclic) bond motifs is 14. The molecule has 6 bridgehead atoms. The average molecular weight is 304 g/mol. The van der Waals surface area contributed by atoms with Crippen molar-refractivity contribution in [1.82, 2.24) is 0 Å². The Morgan fingerprint density at radius 1 is 0.696 bits per heavy atom. The fraction of sp³-hybridized carbons (Fsp3) is 0.652. The highest BCUT2D eigenvalue weighted by molar-refractivity contribution is 5.29. The molecule has 0 aromatic heterocycles. The van der Waals surface area contributed by atoms with Gasteiger partial charge in [0.1, 0.15) is 0 Å². The first kappa shape index (κ1) is 13.3. The van der Waals surface area contributed by atoms with E-state index >= 15 is 0 Å². The number of allylic oxidation sites excluding steroid dienone is 8. The quantitative estimate of drug-likeness (QED) is 0.525. The van der Waals surface area contributed by atoms with Gasteiger partial charge in [-0.1, -0.05) is 48.1 Å². The van der Waals surface area contributed by atoms with Crippen molar-refractivity contribution < 1.29 is 0 Å². The van der Waals surface area contributed by atoms with E-state index < -0.39 is 0 Å². The van der Waals surface area contributed by atoms with E-state index in [1.807, 2.05) is 0 Å². The van der Waals surface area contributed by atoms with E-state index in [4.69, 9.17) is 0 Å². The van der Waals surface area contributed by atoms with Gasteiger partial charge in [0.2, 0.25) is 0 Å². The van der Waals surface area contributed by atoms with Crippen molar-refractivity contribution in [3.8, 4) is 0 Å². The molecule has 0 N–H and O–H groups in total. The smallest absolute Gasteiger partial charge is 0.00174 e. The summed E-state index contributed by atoms with van der Waals surface area (Å²) in [6.45, 7) is 2.16. The molecule has 0 nitrogen and oxygen atoms in total. The molecular formula is C23H28. The van der Waals surface area contributed by atoms with Crippen LogP contribution in [0.1, 0.15) is 32.6 Å². The van der Waals surface area contributed by atoms with Crippen molar-refractivity contribution in [3.63, 3.8) is 0 Å². The number of hydrogen-bond donors (Lipinski definition) is 0. The average Bonchev–Trinajstić information content (AvgIpc) is 3.35. The van der Waals surface area contributed by atoms with Gasteiger partial charge in [0.05, 0.1) is 0 Å². The Bertz CT molecular complexity index is 571. The molecule has 0 amide bonds. The highest BCUT2D eigenvalue weighted by Crippen LogP contribution is 2.72. The molecule has 0 radical (unpaired) electrons. The van der Waals surface area contributed by atoms with Gasteiger partial charge in [0.15, 0.2) is 0 Å². The van der Waals surface area contributed by atoms with Crippen LogP contribution in [0.15, 0.2) is 48.1 Å². The zero-order valence-corrected chi connectivity index (χ0v) is 14.1. The Labute approximate surface area is 140 Å². The molecule has 2 unspecified atom stereocenters. The fourth-order valence-corrected chi connectivity index (χ4v) is 7.81. The molecule has 4 saturated carbocycles. The summed E-state index contributed by atoms with van der Waals surface area (Å²) in [5.41, 5.74) is 1.67. The third kappa shape index (κ3) is 1.63. The summed E-state index contributed by atoms with van der Waals surface area (Å²) in [7, 11) is 0. The van der Waals surface area contributed by atoms with Crippen molar-refractivity contribution in [2.45, 2.75) is 32.6 Å². The zero-order chi connectivity index (χ0) is 15.1. The van der Waals surface area contributed by atoms with Gasteiger partial charge < -0.3 is 0 Å². The van der Waals surface area contributed by atoms with Gasteiger partial charge in [0, 0.05) is 0 Å². The van der Waals surface area contributed by atoms with Crippen LogP contribution >= 0.6 is 0 Å². The van der Waals surface area contributed by atoms with Crippen LogP contribution in [0.3, 0.4) is 0 Å². The minimum absolute atomic E-state index is 0.833. The van der Waals surface area contributed by atoms with Crippen LogP contribution in [0.5, 0.6) is 0 Å². The Morgan fingerprint density at radius 3 is 1.52 bits per heavy atom. The molecule has 4 fully saturated rings. The maximum absolute atomic E-state index is 2.54. The van der Waals surface area contributed by atoms with Crippen LogP contribution in [0.2, 0.25) is 0 Å². The molecule has 2 atom stereocenters. The van der Waals surface area contributed by atoms with Gasteiger partial charge in [-0.2, -0.15) is 0 Å². The summed E-state index contributed by atoms with van der Waals surface area (Å²) in [6.07, 6.45) is 23.0. The van der Waals surface area contributed by atoms with Crippen molar-refractivity contribution in [2.75, 3.05) is 0 Å². The van der Waals surface area contributed by atoms with Gasteiger partial charge in [-0.05, 0) is 91.8 Å². The number of rotatable bonds is 0. The first-order valence-corrected chi connectivity index (χ1v) is 10.0. The summed E-state index contributed by atoms with van der Waals surface area (Å²) in [4.78, 5) is 0. The number of hydrogen-bond acceptors (Lipinski definition) is 0. The molecule has 7 aliphatic carbocycles. The van der Waals surface area contributed by atoms with Crippen molar-refractivity contribution in [2.24, 2.45) is 59.2 Å². The molecule has 120 valence electrons. The summed E-state index contributed by atoms with van der Waals surface area (Å²) in [5, 5.41) is 0. The third-order valence-corrected chi connectivity index (χ3v) is 8.57. The van der Waals surface area contributed by atoms with Gasteiger partial charge in [-0.15, -0.1) is 0 Å². The molecular weight excluding hydrogens is 276 g/mol. The second-order valence-corrected chi connectivity index (χ2v) is 9.26. The summed E-state index contributed by atoms with van der Waals surface area (Å²) in [6, 6.07) is 0. The first-order chi connectivity index (χ1) is 11.3. The molecule has 0 aromatic rings. The van der Waals surface area contributed by atoms with Crippen LogP contribution in [-0.4, -0.2) is 0 Å². The normalized spacial score (nSPS) is 59.3. The van der Waals surface area contributed by atoms with Crippen LogP contribution in [0, 0.1) is 59.2 Å². The van der Waals surface area contributed by atoms with Crippen LogP contribution in [-0.2, 0) is 0 Å². The zero-order valence-electron chi connectivity index (χ0n) is 14.1. The SMILES string of the molecule is C/C=C1\CC2C=CC1C2.C1=CC2CC1C1C2C2C3C=CC(C3)C12. The lowest BCUT2D eigenvalue weighted by Crippen LogP contribution is -2.50. The van der Waals surface area contributed by atoms with Crippen molar-refractivity contribution >= 4 is 0 Å². The fourth-order valence-electron chi connectivity index (χ4n) is 7.81. The Balaban J connectivity index is 0.000000109. The highest BCUT2D eigenvalue weighted by atomic mass is 14.7. The van der Waals surface area contributed by atoms with Crippen molar-refractivity contribution in [3.05, 3.63) is 48.1 Å². The summed E-state index contributed by atoms with van der Waals surface area (Å²) in [5.74, 6) is 10.2. The predicted octanol–water partition coefficient (Wildman–Crippen LogP) is 5.41. The van der Waals surface area contributed by atoms with E-state index in [-0.39, 0.29) is 0 Å².